The van der Waals surface area contributed by atoms with Crippen LogP contribution in [0.3, 0.4) is 0 Å². The fraction of sp³-hybridized carbons (Fsp3) is 0.333. The summed E-state index contributed by atoms with van der Waals surface area (Å²) >= 11 is 1.70. The van der Waals surface area contributed by atoms with Crippen LogP contribution in [0.2, 0.25) is 0 Å². The maximum absolute atomic E-state index is 8.74. The highest BCUT2D eigenvalue weighted by Crippen LogP contribution is 2.25. The third kappa shape index (κ3) is 3.55. The maximum atomic E-state index is 8.74. The molecule has 0 radical (unpaired) electrons. The Morgan fingerprint density at radius 1 is 1.26 bits per heavy atom. The van der Waals surface area contributed by atoms with E-state index in [0.717, 1.165) is 16.4 Å². The minimum Gasteiger partial charge on any atom is -0.379 e. The summed E-state index contributed by atoms with van der Waals surface area (Å²) in [6, 6.07) is 9.55. The van der Waals surface area contributed by atoms with E-state index >= 15 is 0 Å². The molecule has 2 rings (SSSR count). The van der Waals surface area contributed by atoms with E-state index < -0.39 is 0 Å². The summed E-state index contributed by atoms with van der Waals surface area (Å²) < 4.78 is 0. The van der Waals surface area contributed by atoms with Gasteiger partial charge in [0.15, 0.2) is 0 Å². The van der Waals surface area contributed by atoms with Crippen LogP contribution in [-0.2, 0) is 12.0 Å². The van der Waals surface area contributed by atoms with Crippen molar-refractivity contribution >= 4 is 17.0 Å². The van der Waals surface area contributed by atoms with Gasteiger partial charge in [0, 0.05) is 16.5 Å². The van der Waals surface area contributed by atoms with Gasteiger partial charge in [-0.1, -0.05) is 20.8 Å². The van der Waals surface area contributed by atoms with Crippen molar-refractivity contribution in [3.8, 4) is 6.07 Å². The fourth-order valence-corrected chi connectivity index (χ4v) is 2.50. The Morgan fingerprint density at radius 3 is 2.47 bits per heavy atom. The number of hydrogen-bond donors (Lipinski definition) is 1. The number of nitrogens with zero attached hydrogens (tertiary/aromatic N) is 2. The molecule has 0 saturated carbocycles. The van der Waals surface area contributed by atoms with Crippen molar-refractivity contribution in [1.29, 1.82) is 5.26 Å². The topological polar surface area (TPSA) is 48.7 Å². The van der Waals surface area contributed by atoms with Gasteiger partial charge in [-0.25, -0.2) is 4.98 Å². The van der Waals surface area contributed by atoms with E-state index in [4.69, 9.17) is 5.26 Å². The second-order valence-electron chi connectivity index (χ2n) is 5.44. The second-order valence-corrected chi connectivity index (χ2v) is 6.29. The molecule has 19 heavy (non-hydrogen) atoms. The Kier molecular flexibility index (Phi) is 3.87. The van der Waals surface area contributed by atoms with Crippen molar-refractivity contribution in [2.75, 3.05) is 5.32 Å². The summed E-state index contributed by atoms with van der Waals surface area (Å²) in [4.78, 5) is 4.63. The Labute approximate surface area is 117 Å². The van der Waals surface area contributed by atoms with Crippen LogP contribution in [-0.4, -0.2) is 4.98 Å². The van der Waals surface area contributed by atoms with Gasteiger partial charge in [-0.2, -0.15) is 5.26 Å². The first kappa shape index (κ1) is 13.6. The van der Waals surface area contributed by atoms with Crippen molar-refractivity contribution in [1.82, 2.24) is 4.98 Å². The minimum absolute atomic E-state index is 0.108. The lowest BCUT2D eigenvalue weighted by Gasteiger charge is -2.13. The van der Waals surface area contributed by atoms with Gasteiger partial charge in [-0.15, -0.1) is 11.3 Å². The molecule has 98 valence electrons. The first-order chi connectivity index (χ1) is 8.99. The van der Waals surface area contributed by atoms with Gasteiger partial charge in [0.25, 0.3) is 0 Å². The molecule has 0 aliphatic carbocycles. The zero-order valence-corrected chi connectivity index (χ0v) is 12.2. The van der Waals surface area contributed by atoms with Gasteiger partial charge >= 0.3 is 0 Å². The maximum Gasteiger partial charge on any atom is 0.0991 e. The van der Waals surface area contributed by atoms with Crippen LogP contribution < -0.4 is 5.32 Å². The molecule has 1 N–H and O–H groups in total. The van der Waals surface area contributed by atoms with Gasteiger partial charge in [-0.05, 0) is 24.3 Å². The van der Waals surface area contributed by atoms with Crippen molar-refractivity contribution in [2.24, 2.45) is 0 Å². The van der Waals surface area contributed by atoms with Gasteiger partial charge in [0.05, 0.1) is 28.9 Å². The summed E-state index contributed by atoms with van der Waals surface area (Å²) in [6.07, 6.45) is 0. The lowest BCUT2D eigenvalue weighted by atomic mass is 9.98. The first-order valence-corrected chi connectivity index (χ1v) is 7.06. The van der Waals surface area contributed by atoms with Crippen LogP contribution in [0.5, 0.6) is 0 Å². The number of thiazole rings is 1. The molecule has 1 heterocycles. The first-order valence-electron chi connectivity index (χ1n) is 6.18. The average Bonchev–Trinajstić information content (AvgIpc) is 2.86. The lowest BCUT2D eigenvalue weighted by Crippen LogP contribution is -2.11. The highest BCUT2D eigenvalue weighted by Gasteiger charge is 2.17. The van der Waals surface area contributed by atoms with E-state index in [-0.39, 0.29) is 5.41 Å². The Morgan fingerprint density at radius 2 is 1.95 bits per heavy atom. The molecule has 0 spiro atoms. The average molecular weight is 271 g/mol. The van der Waals surface area contributed by atoms with E-state index in [2.05, 4.69) is 42.5 Å². The second kappa shape index (κ2) is 5.41. The molecule has 0 aliphatic heterocycles. The third-order valence-electron chi connectivity index (χ3n) is 2.68. The molecule has 0 atom stereocenters. The molecule has 0 amide bonds. The quantitative estimate of drug-likeness (QED) is 0.920. The Bertz CT molecular complexity index is 585. The molecule has 0 unspecified atom stereocenters. The van der Waals surface area contributed by atoms with Gasteiger partial charge < -0.3 is 5.32 Å². The molecule has 0 bridgehead atoms. The van der Waals surface area contributed by atoms with Gasteiger partial charge in [-0.3, -0.25) is 0 Å². The zero-order valence-electron chi connectivity index (χ0n) is 11.4. The zero-order chi connectivity index (χ0) is 13.9. The van der Waals surface area contributed by atoms with E-state index in [0.29, 0.717) is 12.1 Å². The van der Waals surface area contributed by atoms with E-state index in [1.807, 2.05) is 24.3 Å². The molecule has 3 nitrogen and oxygen atoms in total. The smallest absolute Gasteiger partial charge is 0.0991 e. The van der Waals surface area contributed by atoms with E-state index in [1.165, 1.54) is 0 Å². The van der Waals surface area contributed by atoms with E-state index in [9.17, 15) is 0 Å². The van der Waals surface area contributed by atoms with Gasteiger partial charge in [0.2, 0.25) is 0 Å². The monoisotopic (exact) mass is 271 g/mol. The summed E-state index contributed by atoms with van der Waals surface area (Å²) in [7, 11) is 0. The normalized spacial score (nSPS) is 11.1. The number of nitriles is 1. The highest BCUT2D eigenvalue weighted by molar-refractivity contribution is 7.09. The number of nitrogens with one attached hydrogen (secondary N) is 1. The number of hydrogen-bond acceptors (Lipinski definition) is 4. The fourth-order valence-electron chi connectivity index (χ4n) is 1.59. The number of anilines is 1. The van der Waals surface area contributed by atoms with Crippen LogP contribution >= 0.6 is 11.3 Å². The summed E-state index contributed by atoms with van der Waals surface area (Å²) in [5.74, 6) is 0. The van der Waals surface area contributed by atoms with Crippen LogP contribution in [0.4, 0.5) is 5.69 Å². The Balaban J connectivity index is 1.99. The van der Waals surface area contributed by atoms with Crippen molar-refractivity contribution < 1.29 is 0 Å². The van der Waals surface area contributed by atoms with E-state index in [1.54, 1.807) is 11.3 Å². The summed E-state index contributed by atoms with van der Waals surface area (Å²) in [5, 5.41) is 15.3. The molecule has 0 aliphatic rings. The molecule has 4 heteroatoms. The predicted molar refractivity (Wildman–Crippen MR) is 79.3 cm³/mol. The SMILES string of the molecule is CC(C)(C)c1nc(CNc2ccc(C#N)cc2)cs1. The van der Waals surface area contributed by atoms with Gasteiger partial charge in [0.1, 0.15) is 0 Å². The molecular weight excluding hydrogens is 254 g/mol. The highest BCUT2D eigenvalue weighted by atomic mass is 32.1. The Hall–Kier alpha value is -1.86. The minimum atomic E-state index is 0.108. The van der Waals surface area contributed by atoms with Crippen LogP contribution in [0.15, 0.2) is 29.6 Å². The molecular formula is C15H17N3S. The van der Waals surface area contributed by atoms with Crippen molar-refractivity contribution in [3.05, 3.63) is 45.9 Å². The number of aromatic nitrogens is 1. The standard InChI is InChI=1S/C15H17N3S/c1-15(2,3)14-18-13(10-19-14)9-17-12-6-4-11(8-16)5-7-12/h4-7,10,17H,9H2,1-3H3. The lowest BCUT2D eigenvalue weighted by molar-refractivity contribution is 0.583. The molecule has 1 aromatic heterocycles. The molecule has 1 aromatic carbocycles. The third-order valence-corrected chi connectivity index (χ3v) is 4.00. The largest absolute Gasteiger partial charge is 0.379 e. The van der Waals surface area contributed by atoms with Crippen LogP contribution in [0.1, 0.15) is 37.0 Å². The van der Waals surface area contributed by atoms with Crippen molar-refractivity contribution in [3.63, 3.8) is 0 Å². The van der Waals surface area contributed by atoms with Crippen molar-refractivity contribution in [2.45, 2.75) is 32.7 Å². The number of rotatable bonds is 3. The molecule has 2 aromatic rings. The van der Waals surface area contributed by atoms with Crippen LogP contribution in [0.25, 0.3) is 0 Å². The summed E-state index contributed by atoms with van der Waals surface area (Å²) in [6.45, 7) is 7.22. The predicted octanol–water partition coefficient (Wildman–Crippen LogP) is 3.92. The summed E-state index contributed by atoms with van der Waals surface area (Å²) in [5.41, 5.74) is 2.84. The van der Waals surface area contributed by atoms with Crippen LogP contribution in [0, 0.1) is 11.3 Å². The molecule has 0 fully saturated rings. The number of benzene rings is 1. The molecule has 0 saturated heterocycles.